The molecule has 0 bridgehead atoms. The Bertz CT molecular complexity index is 864. The number of nitrogens with one attached hydrogen (secondary N) is 1. The molecule has 1 N–H and O–H groups in total. The molecule has 3 aromatic heterocycles. The molecule has 0 spiro atoms. The van der Waals surface area contributed by atoms with Crippen molar-refractivity contribution < 1.29 is 8.83 Å². The number of furan rings is 2. The zero-order valence-electron chi connectivity index (χ0n) is 11.7. The summed E-state index contributed by atoms with van der Waals surface area (Å²) in [5.41, 5.74) is 1.52. The number of fused-ring (bicyclic) bond motifs is 1. The molecule has 4 aromatic rings. The van der Waals surface area contributed by atoms with Crippen molar-refractivity contribution in [1.29, 1.82) is 0 Å². The molecule has 108 valence electrons. The van der Waals surface area contributed by atoms with Gasteiger partial charge >= 0.3 is 0 Å². The topological polar surface area (TPSA) is 64.1 Å². The van der Waals surface area contributed by atoms with E-state index in [1.54, 1.807) is 18.7 Å². The maximum Gasteiger partial charge on any atom is 0.157 e. The van der Waals surface area contributed by atoms with E-state index < -0.39 is 0 Å². The van der Waals surface area contributed by atoms with E-state index in [9.17, 15) is 0 Å². The molecule has 0 aliphatic rings. The second-order valence-corrected chi connectivity index (χ2v) is 4.83. The molecule has 0 aliphatic heterocycles. The van der Waals surface area contributed by atoms with Gasteiger partial charge in [0.1, 0.15) is 17.0 Å². The Morgan fingerprint density at radius 1 is 1.00 bits per heavy atom. The Labute approximate surface area is 126 Å². The van der Waals surface area contributed by atoms with E-state index in [-0.39, 0.29) is 0 Å². The third kappa shape index (κ3) is 2.33. The van der Waals surface area contributed by atoms with E-state index in [4.69, 9.17) is 8.83 Å². The lowest BCUT2D eigenvalue weighted by molar-refractivity contribution is 0.517. The minimum atomic E-state index is 0.541. The number of nitrogens with zero attached hydrogens (tertiary/aromatic N) is 2. The summed E-state index contributed by atoms with van der Waals surface area (Å²) in [4.78, 5) is 8.74. The second-order valence-electron chi connectivity index (χ2n) is 4.83. The van der Waals surface area contributed by atoms with Gasteiger partial charge in [-0.25, -0.2) is 9.97 Å². The molecule has 0 saturated carbocycles. The van der Waals surface area contributed by atoms with Crippen LogP contribution in [-0.2, 0) is 6.54 Å². The Balaban J connectivity index is 1.69. The summed E-state index contributed by atoms with van der Waals surface area (Å²) >= 11 is 0. The normalized spacial score (nSPS) is 10.9. The van der Waals surface area contributed by atoms with E-state index in [0.29, 0.717) is 23.8 Å². The fraction of sp³-hybridized carbons (Fsp3) is 0.0588. The average molecular weight is 291 g/mol. The molecule has 0 atom stereocenters. The summed E-state index contributed by atoms with van der Waals surface area (Å²) in [5, 5.41) is 4.27. The average Bonchev–Trinajstić information content (AvgIpc) is 3.22. The lowest BCUT2D eigenvalue weighted by Crippen LogP contribution is -2.03. The highest BCUT2D eigenvalue weighted by atomic mass is 16.3. The van der Waals surface area contributed by atoms with Crippen LogP contribution in [0.4, 0.5) is 5.82 Å². The zero-order valence-corrected chi connectivity index (χ0v) is 11.7. The van der Waals surface area contributed by atoms with Gasteiger partial charge in [-0.2, -0.15) is 0 Å². The third-order valence-corrected chi connectivity index (χ3v) is 3.37. The van der Waals surface area contributed by atoms with Gasteiger partial charge in [0.05, 0.1) is 12.8 Å². The van der Waals surface area contributed by atoms with Gasteiger partial charge in [0.15, 0.2) is 11.6 Å². The summed E-state index contributed by atoms with van der Waals surface area (Å²) < 4.78 is 11.2. The summed E-state index contributed by atoms with van der Waals surface area (Å²) in [7, 11) is 0. The number of para-hydroxylation sites is 1. The number of aromatic nitrogens is 2. The van der Waals surface area contributed by atoms with Crippen LogP contribution in [0.2, 0.25) is 0 Å². The number of benzene rings is 1. The fourth-order valence-corrected chi connectivity index (χ4v) is 2.33. The van der Waals surface area contributed by atoms with E-state index in [1.165, 1.54) is 0 Å². The molecule has 0 aliphatic carbocycles. The van der Waals surface area contributed by atoms with Crippen LogP contribution in [0.25, 0.3) is 22.4 Å². The molecule has 1 aromatic carbocycles. The fourth-order valence-electron chi connectivity index (χ4n) is 2.33. The molecular weight excluding hydrogens is 278 g/mol. The van der Waals surface area contributed by atoms with Crippen molar-refractivity contribution in [3.05, 3.63) is 66.9 Å². The minimum absolute atomic E-state index is 0.541. The Morgan fingerprint density at radius 2 is 1.91 bits per heavy atom. The van der Waals surface area contributed by atoms with E-state index in [0.717, 1.165) is 16.7 Å². The second kappa shape index (κ2) is 5.37. The Kier molecular flexibility index (Phi) is 3.08. The zero-order chi connectivity index (χ0) is 14.8. The highest BCUT2D eigenvalue weighted by Crippen LogP contribution is 2.30. The maximum atomic E-state index is 5.87. The highest BCUT2D eigenvalue weighted by Gasteiger charge is 2.13. The van der Waals surface area contributed by atoms with E-state index >= 15 is 0 Å². The molecule has 5 nitrogen and oxygen atoms in total. The van der Waals surface area contributed by atoms with Gasteiger partial charge in [0, 0.05) is 17.8 Å². The molecule has 5 heteroatoms. The monoisotopic (exact) mass is 291 g/mol. The first-order chi connectivity index (χ1) is 10.9. The molecular formula is C17H13N3O2. The quantitative estimate of drug-likeness (QED) is 0.613. The van der Waals surface area contributed by atoms with Crippen LogP contribution < -0.4 is 5.32 Å². The lowest BCUT2D eigenvalue weighted by Gasteiger charge is -2.06. The largest absolute Gasteiger partial charge is 0.467 e. The summed E-state index contributed by atoms with van der Waals surface area (Å²) in [6.45, 7) is 0.541. The third-order valence-electron chi connectivity index (χ3n) is 3.37. The number of hydrogen-bond donors (Lipinski definition) is 1. The van der Waals surface area contributed by atoms with Gasteiger partial charge in [-0.3, -0.25) is 0 Å². The smallest absolute Gasteiger partial charge is 0.157 e. The SMILES string of the molecule is c1coc(CNc2nccnc2-c2cc3ccccc3o2)c1. The van der Waals surface area contributed by atoms with Crippen molar-refractivity contribution >= 4 is 16.8 Å². The van der Waals surface area contributed by atoms with Gasteiger partial charge < -0.3 is 14.2 Å². The van der Waals surface area contributed by atoms with Gasteiger partial charge in [-0.15, -0.1) is 0 Å². The van der Waals surface area contributed by atoms with Gasteiger partial charge in [-0.1, -0.05) is 18.2 Å². The summed E-state index contributed by atoms with van der Waals surface area (Å²) in [6, 6.07) is 13.6. The lowest BCUT2D eigenvalue weighted by atomic mass is 10.2. The minimum Gasteiger partial charge on any atom is -0.467 e. The predicted molar refractivity (Wildman–Crippen MR) is 83.3 cm³/mol. The van der Waals surface area contributed by atoms with Crippen LogP contribution in [0.3, 0.4) is 0 Å². The first kappa shape index (κ1) is 12.6. The van der Waals surface area contributed by atoms with Crippen molar-refractivity contribution in [2.24, 2.45) is 0 Å². The summed E-state index contributed by atoms with van der Waals surface area (Å²) in [6.07, 6.45) is 4.95. The van der Waals surface area contributed by atoms with Gasteiger partial charge in [-0.05, 0) is 24.3 Å². The van der Waals surface area contributed by atoms with Crippen LogP contribution in [0, 0.1) is 0 Å². The van der Waals surface area contributed by atoms with E-state index in [2.05, 4.69) is 15.3 Å². The first-order valence-corrected chi connectivity index (χ1v) is 6.96. The molecule has 0 amide bonds. The molecule has 0 radical (unpaired) electrons. The predicted octanol–water partition coefficient (Wildman–Crippen LogP) is 4.09. The molecule has 22 heavy (non-hydrogen) atoms. The molecule has 3 heterocycles. The maximum absolute atomic E-state index is 5.87. The molecule has 0 saturated heterocycles. The van der Waals surface area contributed by atoms with E-state index in [1.807, 2.05) is 42.5 Å². The molecule has 4 rings (SSSR count). The number of anilines is 1. The van der Waals surface area contributed by atoms with Crippen molar-refractivity contribution in [2.45, 2.75) is 6.54 Å². The Morgan fingerprint density at radius 3 is 2.77 bits per heavy atom. The van der Waals surface area contributed by atoms with Crippen LogP contribution in [0.15, 0.2) is 70.0 Å². The summed E-state index contributed by atoms with van der Waals surface area (Å²) in [5.74, 6) is 2.19. The van der Waals surface area contributed by atoms with Gasteiger partial charge in [0.2, 0.25) is 0 Å². The Hall–Kier alpha value is -3.08. The van der Waals surface area contributed by atoms with Crippen molar-refractivity contribution in [1.82, 2.24) is 9.97 Å². The molecule has 0 unspecified atom stereocenters. The van der Waals surface area contributed by atoms with Crippen LogP contribution in [0.5, 0.6) is 0 Å². The van der Waals surface area contributed by atoms with Crippen molar-refractivity contribution in [2.75, 3.05) is 5.32 Å². The van der Waals surface area contributed by atoms with Crippen LogP contribution >= 0.6 is 0 Å². The molecule has 0 fully saturated rings. The standard InChI is InChI=1S/C17H13N3O2/c1-2-6-14-12(4-1)10-15(22-14)16-17(19-8-7-18-16)20-11-13-5-3-9-21-13/h1-10H,11H2,(H,19,20). The van der Waals surface area contributed by atoms with Crippen LogP contribution in [0.1, 0.15) is 5.76 Å². The number of hydrogen-bond acceptors (Lipinski definition) is 5. The van der Waals surface area contributed by atoms with Crippen LogP contribution in [-0.4, -0.2) is 9.97 Å². The highest BCUT2D eigenvalue weighted by molar-refractivity contribution is 5.83. The van der Waals surface area contributed by atoms with Gasteiger partial charge in [0.25, 0.3) is 0 Å². The first-order valence-electron chi connectivity index (χ1n) is 6.96. The van der Waals surface area contributed by atoms with Crippen molar-refractivity contribution in [3.8, 4) is 11.5 Å². The van der Waals surface area contributed by atoms with Crippen molar-refractivity contribution in [3.63, 3.8) is 0 Å². The number of rotatable bonds is 4.